The molecule has 1 unspecified atom stereocenters. The first-order valence-corrected chi connectivity index (χ1v) is 8.70. The maximum atomic E-state index is 3.75. The highest BCUT2D eigenvalue weighted by Crippen LogP contribution is 2.38. The predicted octanol–water partition coefficient (Wildman–Crippen LogP) is 3.14. The smallest absolute Gasteiger partial charge is 0.0253 e. The number of nitrogens with one attached hydrogen (secondary N) is 1. The molecule has 1 aliphatic heterocycles. The van der Waals surface area contributed by atoms with Gasteiger partial charge in [0.05, 0.1) is 0 Å². The molecule has 1 aromatic rings. The molecule has 2 aliphatic carbocycles. The van der Waals surface area contributed by atoms with Gasteiger partial charge in [0.15, 0.2) is 0 Å². The molecule has 0 spiro atoms. The minimum atomic E-state index is 0.252. The summed E-state index contributed by atoms with van der Waals surface area (Å²) in [5.74, 6) is 0.947. The average Bonchev–Trinajstić information content (AvgIpc) is 3.15. The van der Waals surface area contributed by atoms with Gasteiger partial charge in [0.25, 0.3) is 0 Å². The number of nitrogens with zero attached hydrogens (tertiary/aromatic N) is 1. The summed E-state index contributed by atoms with van der Waals surface area (Å²) >= 11 is 0. The van der Waals surface area contributed by atoms with Crippen LogP contribution in [0.4, 0.5) is 0 Å². The van der Waals surface area contributed by atoms with E-state index in [1.54, 1.807) is 11.1 Å². The minimum Gasteiger partial charge on any atom is -0.309 e. The second kappa shape index (κ2) is 5.10. The third-order valence-corrected chi connectivity index (χ3v) is 5.57. The van der Waals surface area contributed by atoms with E-state index in [1.807, 2.05) is 0 Å². The summed E-state index contributed by atoms with van der Waals surface area (Å²) in [6.45, 7) is 8.16. The SMILES string of the molecule is CC1(C)CN(Cc2ccc3c(c2)CCC3)C(C2CC2)CN1. The zero-order valence-corrected chi connectivity index (χ0v) is 13.5. The van der Waals surface area contributed by atoms with Crippen LogP contribution in [-0.4, -0.2) is 29.6 Å². The van der Waals surface area contributed by atoms with Crippen LogP contribution in [0.1, 0.15) is 49.8 Å². The van der Waals surface area contributed by atoms with E-state index in [-0.39, 0.29) is 5.54 Å². The van der Waals surface area contributed by atoms with Crippen molar-refractivity contribution in [1.82, 2.24) is 10.2 Å². The van der Waals surface area contributed by atoms with Gasteiger partial charge in [-0.05, 0) is 68.6 Å². The molecule has 21 heavy (non-hydrogen) atoms. The summed E-state index contributed by atoms with van der Waals surface area (Å²) in [7, 11) is 0. The molecule has 2 heteroatoms. The van der Waals surface area contributed by atoms with Crippen molar-refractivity contribution >= 4 is 0 Å². The maximum Gasteiger partial charge on any atom is 0.0253 e. The molecule has 0 amide bonds. The van der Waals surface area contributed by atoms with Crippen LogP contribution < -0.4 is 5.32 Å². The standard InChI is InChI=1S/C19H28N2/c1-19(2)13-21(18(11-20-19)16-8-9-16)12-14-6-7-15-4-3-5-17(15)10-14/h6-7,10,16,18,20H,3-5,8-9,11-13H2,1-2H3. The number of hydrogen-bond acceptors (Lipinski definition) is 2. The summed E-state index contributed by atoms with van der Waals surface area (Å²) in [5, 5.41) is 3.75. The fourth-order valence-electron chi connectivity index (χ4n) is 4.27. The monoisotopic (exact) mass is 284 g/mol. The second-order valence-electron chi connectivity index (χ2n) is 8.03. The largest absolute Gasteiger partial charge is 0.309 e. The Kier molecular flexibility index (Phi) is 3.35. The number of fused-ring (bicyclic) bond motifs is 1. The summed E-state index contributed by atoms with van der Waals surface area (Å²) in [4.78, 5) is 2.75. The van der Waals surface area contributed by atoms with Crippen LogP contribution >= 0.6 is 0 Å². The molecule has 3 aliphatic rings. The number of aryl methyl sites for hydroxylation is 2. The zero-order chi connectivity index (χ0) is 14.4. The molecular weight excluding hydrogens is 256 g/mol. The fraction of sp³-hybridized carbons (Fsp3) is 0.684. The van der Waals surface area contributed by atoms with Crippen LogP contribution in [0.3, 0.4) is 0 Å². The molecule has 114 valence electrons. The Morgan fingerprint density at radius 1 is 1.19 bits per heavy atom. The quantitative estimate of drug-likeness (QED) is 0.917. The predicted molar refractivity (Wildman–Crippen MR) is 87.5 cm³/mol. The zero-order valence-electron chi connectivity index (χ0n) is 13.5. The highest BCUT2D eigenvalue weighted by Gasteiger charge is 2.40. The molecular formula is C19H28N2. The molecule has 1 aromatic carbocycles. The van der Waals surface area contributed by atoms with Gasteiger partial charge >= 0.3 is 0 Å². The Hall–Kier alpha value is -0.860. The van der Waals surface area contributed by atoms with Gasteiger partial charge in [0.2, 0.25) is 0 Å². The van der Waals surface area contributed by atoms with Gasteiger partial charge in [-0.15, -0.1) is 0 Å². The number of hydrogen-bond donors (Lipinski definition) is 1. The van der Waals surface area contributed by atoms with Gasteiger partial charge in [-0.25, -0.2) is 0 Å². The van der Waals surface area contributed by atoms with Crippen LogP contribution in [0.15, 0.2) is 18.2 Å². The second-order valence-corrected chi connectivity index (χ2v) is 8.03. The Labute approximate surface area is 128 Å². The van der Waals surface area contributed by atoms with Crippen LogP contribution in [0.2, 0.25) is 0 Å². The van der Waals surface area contributed by atoms with Gasteiger partial charge in [-0.2, -0.15) is 0 Å². The van der Waals surface area contributed by atoms with Gasteiger partial charge in [-0.3, -0.25) is 4.90 Å². The van der Waals surface area contributed by atoms with Gasteiger partial charge < -0.3 is 5.32 Å². The normalized spacial score (nSPS) is 28.6. The number of rotatable bonds is 3. The Bertz CT molecular complexity index is 530. The van der Waals surface area contributed by atoms with E-state index in [9.17, 15) is 0 Å². The lowest BCUT2D eigenvalue weighted by atomic mass is 9.95. The highest BCUT2D eigenvalue weighted by atomic mass is 15.3. The maximum absolute atomic E-state index is 3.75. The van der Waals surface area contributed by atoms with Crippen molar-refractivity contribution in [3.63, 3.8) is 0 Å². The fourth-order valence-corrected chi connectivity index (χ4v) is 4.27. The average molecular weight is 284 g/mol. The van der Waals surface area contributed by atoms with Gasteiger partial charge in [0, 0.05) is 31.2 Å². The molecule has 0 aromatic heterocycles. The molecule has 1 saturated heterocycles. The van der Waals surface area contributed by atoms with Crippen molar-refractivity contribution in [2.75, 3.05) is 13.1 Å². The van der Waals surface area contributed by atoms with Crippen molar-refractivity contribution in [3.8, 4) is 0 Å². The molecule has 2 fully saturated rings. The first-order chi connectivity index (χ1) is 10.1. The molecule has 1 N–H and O–H groups in total. The van der Waals surface area contributed by atoms with Crippen molar-refractivity contribution in [2.24, 2.45) is 5.92 Å². The summed E-state index contributed by atoms with van der Waals surface area (Å²) in [6.07, 6.45) is 6.81. The van der Waals surface area contributed by atoms with Crippen LogP contribution in [-0.2, 0) is 19.4 Å². The topological polar surface area (TPSA) is 15.3 Å². The van der Waals surface area contributed by atoms with E-state index in [0.717, 1.165) is 18.5 Å². The van der Waals surface area contributed by atoms with Crippen LogP contribution in [0.5, 0.6) is 0 Å². The third kappa shape index (κ3) is 2.89. The van der Waals surface area contributed by atoms with E-state index in [4.69, 9.17) is 0 Å². The Morgan fingerprint density at radius 2 is 2.00 bits per heavy atom. The van der Waals surface area contributed by atoms with E-state index >= 15 is 0 Å². The lowest BCUT2D eigenvalue weighted by Crippen LogP contribution is -2.61. The number of piperazine rings is 1. The van der Waals surface area contributed by atoms with E-state index in [1.165, 1.54) is 50.8 Å². The molecule has 2 nitrogen and oxygen atoms in total. The molecule has 0 radical (unpaired) electrons. The summed E-state index contributed by atoms with van der Waals surface area (Å²) in [6, 6.07) is 8.01. The van der Waals surface area contributed by atoms with E-state index in [0.29, 0.717) is 0 Å². The first kappa shape index (κ1) is 13.8. The molecule has 1 saturated carbocycles. The summed E-state index contributed by atoms with van der Waals surface area (Å²) in [5.41, 5.74) is 4.99. The lowest BCUT2D eigenvalue weighted by Gasteiger charge is -2.45. The molecule has 1 heterocycles. The van der Waals surface area contributed by atoms with E-state index in [2.05, 4.69) is 42.3 Å². The van der Waals surface area contributed by atoms with Crippen molar-refractivity contribution in [1.29, 1.82) is 0 Å². The van der Waals surface area contributed by atoms with Crippen molar-refractivity contribution < 1.29 is 0 Å². The van der Waals surface area contributed by atoms with Gasteiger partial charge in [-0.1, -0.05) is 18.2 Å². The van der Waals surface area contributed by atoms with E-state index < -0.39 is 0 Å². The minimum absolute atomic E-state index is 0.252. The Morgan fingerprint density at radius 3 is 2.81 bits per heavy atom. The summed E-state index contributed by atoms with van der Waals surface area (Å²) < 4.78 is 0. The highest BCUT2D eigenvalue weighted by molar-refractivity contribution is 5.35. The van der Waals surface area contributed by atoms with Crippen LogP contribution in [0.25, 0.3) is 0 Å². The third-order valence-electron chi connectivity index (χ3n) is 5.57. The lowest BCUT2D eigenvalue weighted by molar-refractivity contribution is 0.0759. The van der Waals surface area contributed by atoms with Gasteiger partial charge in [0.1, 0.15) is 0 Å². The molecule has 4 rings (SSSR count). The molecule has 0 bridgehead atoms. The van der Waals surface area contributed by atoms with Crippen LogP contribution in [0, 0.1) is 5.92 Å². The number of benzene rings is 1. The Balaban J connectivity index is 1.52. The first-order valence-electron chi connectivity index (χ1n) is 8.70. The molecule has 1 atom stereocenters. The van der Waals surface area contributed by atoms with Crippen molar-refractivity contribution in [3.05, 3.63) is 34.9 Å². The van der Waals surface area contributed by atoms with Crippen molar-refractivity contribution in [2.45, 2.75) is 64.1 Å².